The van der Waals surface area contributed by atoms with E-state index < -0.39 is 0 Å². The molecule has 0 spiro atoms. The minimum atomic E-state index is -0.0719. The van der Waals surface area contributed by atoms with Gasteiger partial charge in [-0.3, -0.25) is 9.78 Å². The quantitative estimate of drug-likeness (QED) is 0.806. The van der Waals surface area contributed by atoms with Crippen molar-refractivity contribution >= 4 is 17.5 Å². The first kappa shape index (κ1) is 13.5. The van der Waals surface area contributed by atoms with Gasteiger partial charge in [-0.2, -0.15) is 0 Å². The second-order valence-electron chi connectivity index (χ2n) is 4.01. The van der Waals surface area contributed by atoms with E-state index in [4.69, 9.17) is 11.6 Å². The Morgan fingerprint density at radius 3 is 2.68 bits per heavy atom. The van der Waals surface area contributed by atoms with E-state index >= 15 is 0 Å². The molecule has 2 aromatic rings. The molecule has 0 radical (unpaired) electrons. The number of carbonyl (C=O) groups excluding carboxylic acids is 1. The van der Waals surface area contributed by atoms with Crippen molar-refractivity contribution in [3.63, 3.8) is 0 Å². The number of aromatic nitrogens is 2. The number of halogens is 1. The molecule has 2 rings (SSSR count). The number of nitrogens with zero attached hydrogens (tertiary/aromatic N) is 3. The fourth-order valence-electron chi connectivity index (χ4n) is 1.70. The summed E-state index contributed by atoms with van der Waals surface area (Å²) in [6.45, 7) is 3.03. The van der Waals surface area contributed by atoms with E-state index in [0.717, 1.165) is 5.69 Å². The smallest absolute Gasteiger partial charge is 0.255 e. The van der Waals surface area contributed by atoms with Crippen LogP contribution in [0.4, 0.5) is 0 Å². The highest BCUT2D eigenvalue weighted by Crippen LogP contribution is 2.10. The minimum absolute atomic E-state index is 0.0719. The van der Waals surface area contributed by atoms with Crippen LogP contribution in [0.25, 0.3) is 0 Å². The molecule has 0 aliphatic carbocycles. The van der Waals surface area contributed by atoms with Crippen LogP contribution in [0.15, 0.2) is 42.7 Å². The van der Waals surface area contributed by atoms with Crippen LogP contribution in [0.5, 0.6) is 0 Å². The molecule has 0 aliphatic rings. The average Bonchev–Trinajstić information content (AvgIpc) is 2.46. The second-order valence-corrected chi connectivity index (χ2v) is 4.40. The lowest BCUT2D eigenvalue weighted by Crippen LogP contribution is -2.30. The van der Waals surface area contributed by atoms with Gasteiger partial charge in [0.2, 0.25) is 0 Å². The summed E-state index contributed by atoms with van der Waals surface area (Å²) in [5.74, 6) is -0.0719. The Morgan fingerprint density at radius 1 is 1.26 bits per heavy atom. The standard InChI is InChI=1S/C14H14ClN3O/c1-2-18(10-12-5-3-4-8-16-12)14(19)11-6-7-13(15)17-9-11/h3-9H,2,10H2,1H3. The molecular weight excluding hydrogens is 262 g/mol. The van der Waals surface area contributed by atoms with Crippen LogP contribution in [0.2, 0.25) is 5.15 Å². The van der Waals surface area contributed by atoms with Crippen LogP contribution in [0.1, 0.15) is 23.0 Å². The molecule has 1 amide bonds. The molecule has 0 fully saturated rings. The van der Waals surface area contributed by atoms with Crippen LogP contribution in [-0.4, -0.2) is 27.3 Å². The van der Waals surface area contributed by atoms with Gasteiger partial charge in [-0.25, -0.2) is 4.98 Å². The predicted molar refractivity (Wildman–Crippen MR) is 73.9 cm³/mol. The number of pyridine rings is 2. The Morgan fingerprint density at radius 2 is 2.11 bits per heavy atom. The van der Waals surface area contributed by atoms with E-state index in [1.165, 1.54) is 6.20 Å². The first-order valence-corrected chi connectivity index (χ1v) is 6.39. The minimum Gasteiger partial charge on any atom is -0.333 e. The Labute approximate surface area is 117 Å². The molecule has 98 valence electrons. The summed E-state index contributed by atoms with van der Waals surface area (Å²) in [5, 5.41) is 0.379. The third-order valence-corrected chi connectivity index (χ3v) is 2.95. The topological polar surface area (TPSA) is 46.1 Å². The molecule has 0 bridgehead atoms. The maximum absolute atomic E-state index is 12.3. The third-order valence-electron chi connectivity index (χ3n) is 2.72. The summed E-state index contributed by atoms with van der Waals surface area (Å²) in [5.41, 5.74) is 1.39. The zero-order valence-electron chi connectivity index (χ0n) is 10.6. The normalized spacial score (nSPS) is 10.2. The maximum Gasteiger partial charge on any atom is 0.255 e. The fraction of sp³-hybridized carbons (Fsp3) is 0.214. The van der Waals surface area contributed by atoms with Gasteiger partial charge in [0.05, 0.1) is 17.8 Å². The monoisotopic (exact) mass is 275 g/mol. The van der Waals surface area contributed by atoms with E-state index in [0.29, 0.717) is 23.8 Å². The zero-order chi connectivity index (χ0) is 13.7. The molecule has 2 aromatic heterocycles. The van der Waals surface area contributed by atoms with Gasteiger partial charge in [-0.05, 0) is 31.2 Å². The van der Waals surface area contributed by atoms with E-state index in [1.54, 1.807) is 23.2 Å². The van der Waals surface area contributed by atoms with Gasteiger partial charge in [0.15, 0.2) is 0 Å². The van der Waals surface area contributed by atoms with Gasteiger partial charge in [-0.1, -0.05) is 17.7 Å². The number of hydrogen-bond acceptors (Lipinski definition) is 3. The summed E-state index contributed by atoms with van der Waals surface area (Å²) in [7, 11) is 0. The molecule has 2 heterocycles. The lowest BCUT2D eigenvalue weighted by Gasteiger charge is -2.20. The second kappa shape index (κ2) is 6.29. The third kappa shape index (κ3) is 3.51. The zero-order valence-corrected chi connectivity index (χ0v) is 11.3. The summed E-state index contributed by atoms with van der Waals surface area (Å²) >= 11 is 5.71. The molecule has 0 saturated heterocycles. The summed E-state index contributed by atoms with van der Waals surface area (Å²) < 4.78 is 0. The summed E-state index contributed by atoms with van der Waals surface area (Å²) in [6, 6.07) is 8.95. The van der Waals surface area contributed by atoms with E-state index in [-0.39, 0.29) is 5.91 Å². The van der Waals surface area contributed by atoms with Crippen LogP contribution in [0, 0.1) is 0 Å². The summed E-state index contributed by atoms with van der Waals surface area (Å²) in [6.07, 6.45) is 3.21. The highest BCUT2D eigenvalue weighted by molar-refractivity contribution is 6.29. The van der Waals surface area contributed by atoms with Crippen LogP contribution < -0.4 is 0 Å². The lowest BCUT2D eigenvalue weighted by molar-refractivity contribution is 0.0750. The number of hydrogen-bond donors (Lipinski definition) is 0. The average molecular weight is 276 g/mol. The van der Waals surface area contributed by atoms with Crippen molar-refractivity contribution in [2.75, 3.05) is 6.54 Å². The van der Waals surface area contributed by atoms with Crippen LogP contribution >= 0.6 is 11.6 Å². The molecule has 0 saturated carbocycles. The number of carbonyl (C=O) groups is 1. The van der Waals surface area contributed by atoms with Gasteiger partial charge in [0, 0.05) is 18.9 Å². The Balaban J connectivity index is 2.13. The predicted octanol–water partition coefficient (Wildman–Crippen LogP) is 2.79. The molecule has 0 atom stereocenters. The van der Waals surface area contributed by atoms with Crippen LogP contribution in [0.3, 0.4) is 0 Å². The Hall–Kier alpha value is -1.94. The van der Waals surface area contributed by atoms with Gasteiger partial charge in [-0.15, -0.1) is 0 Å². The number of rotatable bonds is 4. The molecule has 19 heavy (non-hydrogen) atoms. The molecular formula is C14H14ClN3O. The molecule has 0 unspecified atom stereocenters. The van der Waals surface area contributed by atoms with E-state index in [9.17, 15) is 4.79 Å². The Bertz CT molecular complexity index is 542. The van der Waals surface area contributed by atoms with Gasteiger partial charge < -0.3 is 4.90 Å². The molecule has 4 nitrogen and oxygen atoms in total. The first-order chi connectivity index (χ1) is 9.20. The van der Waals surface area contributed by atoms with E-state index in [2.05, 4.69) is 9.97 Å². The largest absolute Gasteiger partial charge is 0.333 e. The van der Waals surface area contributed by atoms with Crippen molar-refractivity contribution in [1.29, 1.82) is 0 Å². The van der Waals surface area contributed by atoms with Crippen molar-refractivity contribution in [3.8, 4) is 0 Å². The van der Waals surface area contributed by atoms with Crippen molar-refractivity contribution in [3.05, 3.63) is 59.1 Å². The van der Waals surface area contributed by atoms with Crippen molar-refractivity contribution < 1.29 is 4.79 Å². The van der Waals surface area contributed by atoms with Gasteiger partial charge >= 0.3 is 0 Å². The van der Waals surface area contributed by atoms with E-state index in [1.807, 2.05) is 25.1 Å². The lowest BCUT2D eigenvalue weighted by atomic mass is 10.2. The number of amides is 1. The van der Waals surface area contributed by atoms with Crippen molar-refractivity contribution in [2.45, 2.75) is 13.5 Å². The maximum atomic E-state index is 12.3. The van der Waals surface area contributed by atoms with Gasteiger partial charge in [0.25, 0.3) is 5.91 Å². The molecule has 0 N–H and O–H groups in total. The molecule has 0 aromatic carbocycles. The van der Waals surface area contributed by atoms with Crippen molar-refractivity contribution in [1.82, 2.24) is 14.9 Å². The molecule has 0 aliphatic heterocycles. The first-order valence-electron chi connectivity index (χ1n) is 6.01. The highest BCUT2D eigenvalue weighted by atomic mass is 35.5. The highest BCUT2D eigenvalue weighted by Gasteiger charge is 2.15. The molecule has 5 heteroatoms. The Kier molecular flexibility index (Phi) is 4.47. The van der Waals surface area contributed by atoms with Crippen molar-refractivity contribution in [2.24, 2.45) is 0 Å². The van der Waals surface area contributed by atoms with Gasteiger partial charge in [0.1, 0.15) is 5.15 Å². The SMILES string of the molecule is CCN(Cc1ccccn1)C(=O)c1ccc(Cl)nc1. The summed E-state index contributed by atoms with van der Waals surface area (Å²) in [4.78, 5) is 22.2. The van der Waals surface area contributed by atoms with Crippen LogP contribution in [-0.2, 0) is 6.54 Å². The fourth-order valence-corrected chi connectivity index (χ4v) is 1.81.